The number of nitrogens with one attached hydrogen (secondary N) is 1. The van der Waals surface area contributed by atoms with Gasteiger partial charge in [-0.25, -0.2) is 4.79 Å². The van der Waals surface area contributed by atoms with Crippen LogP contribution in [0.2, 0.25) is 0 Å². The van der Waals surface area contributed by atoms with Crippen LogP contribution in [0, 0.1) is 0 Å². The molecule has 0 aromatic heterocycles. The summed E-state index contributed by atoms with van der Waals surface area (Å²) in [4.78, 5) is 10.1. The van der Waals surface area contributed by atoms with Gasteiger partial charge in [-0.3, -0.25) is 0 Å². The van der Waals surface area contributed by atoms with Crippen LogP contribution >= 0.6 is 0 Å². The molecule has 0 spiro atoms. The van der Waals surface area contributed by atoms with Crippen molar-refractivity contribution in [2.24, 2.45) is 0 Å². The Morgan fingerprint density at radius 3 is 2.60 bits per heavy atom. The predicted octanol–water partition coefficient (Wildman–Crippen LogP) is 0.167. The minimum atomic E-state index is -1.00. The Morgan fingerprint density at radius 1 is 1.50 bits per heavy atom. The summed E-state index contributed by atoms with van der Waals surface area (Å²) >= 11 is 0. The topological polar surface area (TPSA) is 69.6 Å². The molecule has 1 amide bonds. The summed E-state index contributed by atoms with van der Waals surface area (Å²) in [6.45, 7) is 0. The van der Waals surface area contributed by atoms with Gasteiger partial charge in [-0.2, -0.15) is 0 Å². The van der Waals surface area contributed by atoms with E-state index in [2.05, 4.69) is 5.32 Å². The Bertz CT molecular complexity index is 137. The molecule has 0 saturated heterocycles. The summed E-state index contributed by atoms with van der Waals surface area (Å²) < 4.78 is 0. The first-order chi connectivity index (χ1) is 4.68. The lowest BCUT2D eigenvalue weighted by atomic mass is 10.2. The third-order valence-electron chi connectivity index (χ3n) is 1.73. The Morgan fingerprint density at radius 2 is 2.20 bits per heavy atom. The molecule has 1 aliphatic rings. The Kier molecular flexibility index (Phi) is 2.11. The second kappa shape index (κ2) is 2.88. The quantitative estimate of drug-likeness (QED) is 0.492. The van der Waals surface area contributed by atoms with Crippen LogP contribution in [0.15, 0.2) is 0 Å². The van der Waals surface area contributed by atoms with Gasteiger partial charge in [-0.15, -0.1) is 0 Å². The van der Waals surface area contributed by atoms with Gasteiger partial charge in [0.05, 0.1) is 6.10 Å². The summed E-state index contributed by atoms with van der Waals surface area (Å²) in [6.07, 6.45) is 0.723. The Hall–Kier alpha value is -0.770. The van der Waals surface area contributed by atoms with Crippen molar-refractivity contribution in [3.05, 3.63) is 0 Å². The highest BCUT2D eigenvalue weighted by Gasteiger charge is 2.23. The average molecular weight is 145 g/mol. The van der Waals surface area contributed by atoms with E-state index >= 15 is 0 Å². The van der Waals surface area contributed by atoms with E-state index in [1.165, 1.54) is 0 Å². The summed E-state index contributed by atoms with van der Waals surface area (Å²) in [6, 6.07) is -0.0347. The molecular weight excluding hydrogens is 134 g/mol. The highest BCUT2D eigenvalue weighted by Crippen LogP contribution is 2.18. The summed E-state index contributed by atoms with van der Waals surface area (Å²) in [7, 11) is 0. The minimum Gasteiger partial charge on any atom is -0.465 e. The van der Waals surface area contributed by atoms with Crippen molar-refractivity contribution in [1.29, 1.82) is 0 Å². The first-order valence-corrected chi connectivity index (χ1v) is 3.36. The molecule has 0 bridgehead atoms. The normalized spacial score (nSPS) is 32.1. The maximum Gasteiger partial charge on any atom is 0.404 e. The van der Waals surface area contributed by atoms with Crippen molar-refractivity contribution < 1.29 is 15.0 Å². The molecule has 1 aliphatic carbocycles. The number of hydrogen-bond donors (Lipinski definition) is 3. The lowest BCUT2D eigenvalue weighted by Crippen LogP contribution is -2.31. The predicted molar refractivity (Wildman–Crippen MR) is 34.8 cm³/mol. The molecule has 0 aromatic rings. The van der Waals surface area contributed by atoms with Crippen LogP contribution in [0.1, 0.15) is 19.3 Å². The molecule has 3 N–H and O–H groups in total. The zero-order valence-electron chi connectivity index (χ0n) is 5.58. The average Bonchev–Trinajstić information content (AvgIpc) is 2.13. The van der Waals surface area contributed by atoms with Gasteiger partial charge in [0, 0.05) is 6.04 Å². The van der Waals surface area contributed by atoms with E-state index in [9.17, 15) is 4.79 Å². The minimum absolute atomic E-state index is 0.0347. The molecule has 58 valence electrons. The zero-order chi connectivity index (χ0) is 7.56. The molecule has 1 saturated carbocycles. The molecule has 1 rings (SSSR count). The van der Waals surface area contributed by atoms with E-state index in [0.29, 0.717) is 12.8 Å². The van der Waals surface area contributed by atoms with E-state index in [1.54, 1.807) is 0 Å². The lowest BCUT2D eigenvalue weighted by molar-refractivity contribution is 0.174. The van der Waals surface area contributed by atoms with E-state index in [1.807, 2.05) is 0 Å². The first-order valence-electron chi connectivity index (χ1n) is 3.36. The van der Waals surface area contributed by atoms with Crippen molar-refractivity contribution in [2.45, 2.75) is 31.4 Å². The smallest absolute Gasteiger partial charge is 0.404 e. The van der Waals surface area contributed by atoms with Crippen LogP contribution < -0.4 is 5.32 Å². The maximum absolute atomic E-state index is 10.1. The number of carboxylic acid groups (broad SMARTS) is 1. The molecular formula is C6H11NO3. The van der Waals surface area contributed by atoms with Gasteiger partial charge >= 0.3 is 6.09 Å². The first kappa shape index (κ1) is 7.34. The van der Waals surface area contributed by atoms with E-state index in [-0.39, 0.29) is 12.1 Å². The number of hydrogen-bond acceptors (Lipinski definition) is 2. The molecule has 1 unspecified atom stereocenters. The van der Waals surface area contributed by atoms with Gasteiger partial charge in [0.1, 0.15) is 0 Å². The van der Waals surface area contributed by atoms with Gasteiger partial charge in [0.15, 0.2) is 0 Å². The molecule has 0 radical (unpaired) electrons. The number of aliphatic hydroxyl groups excluding tert-OH is 1. The second-order valence-corrected chi connectivity index (χ2v) is 2.61. The maximum atomic E-state index is 10.1. The van der Waals surface area contributed by atoms with Gasteiger partial charge in [0.25, 0.3) is 0 Å². The summed E-state index contributed by atoms with van der Waals surface area (Å²) in [5.74, 6) is 0. The van der Waals surface area contributed by atoms with Crippen LogP contribution in [-0.4, -0.2) is 28.5 Å². The molecule has 1 fully saturated rings. The third kappa shape index (κ3) is 1.88. The highest BCUT2D eigenvalue weighted by molar-refractivity contribution is 5.64. The largest absolute Gasteiger partial charge is 0.465 e. The Labute approximate surface area is 58.9 Å². The fraction of sp³-hybridized carbons (Fsp3) is 0.833. The van der Waals surface area contributed by atoms with Crippen LogP contribution in [-0.2, 0) is 0 Å². The van der Waals surface area contributed by atoms with E-state index in [0.717, 1.165) is 6.42 Å². The van der Waals surface area contributed by atoms with Crippen molar-refractivity contribution >= 4 is 6.09 Å². The zero-order valence-corrected chi connectivity index (χ0v) is 5.58. The number of amides is 1. The molecule has 0 heterocycles. The fourth-order valence-corrected chi connectivity index (χ4v) is 1.26. The molecule has 4 nitrogen and oxygen atoms in total. The van der Waals surface area contributed by atoms with Crippen LogP contribution in [0.5, 0.6) is 0 Å². The molecule has 0 aromatic carbocycles. The van der Waals surface area contributed by atoms with Crippen LogP contribution in [0.4, 0.5) is 4.79 Å². The van der Waals surface area contributed by atoms with E-state index < -0.39 is 6.09 Å². The van der Waals surface area contributed by atoms with Crippen molar-refractivity contribution in [3.63, 3.8) is 0 Å². The van der Waals surface area contributed by atoms with Crippen LogP contribution in [0.3, 0.4) is 0 Å². The van der Waals surface area contributed by atoms with Crippen LogP contribution in [0.25, 0.3) is 0 Å². The van der Waals surface area contributed by atoms with Crippen molar-refractivity contribution in [3.8, 4) is 0 Å². The number of carbonyl (C=O) groups is 1. The fourth-order valence-electron chi connectivity index (χ4n) is 1.26. The Balaban J connectivity index is 2.24. The molecule has 2 atom stereocenters. The lowest BCUT2D eigenvalue weighted by Gasteiger charge is -2.07. The summed E-state index contributed by atoms with van der Waals surface area (Å²) in [5, 5.41) is 19.6. The van der Waals surface area contributed by atoms with Crippen molar-refractivity contribution in [1.82, 2.24) is 5.32 Å². The van der Waals surface area contributed by atoms with Gasteiger partial charge in [-0.05, 0) is 19.3 Å². The SMILES string of the molecule is O=C(O)NC1CC[C@H](O)C1. The van der Waals surface area contributed by atoms with Gasteiger partial charge in [0.2, 0.25) is 0 Å². The monoisotopic (exact) mass is 145 g/mol. The second-order valence-electron chi connectivity index (χ2n) is 2.61. The van der Waals surface area contributed by atoms with E-state index in [4.69, 9.17) is 10.2 Å². The van der Waals surface area contributed by atoms with Gasteiger partial charge in [-0.1, -0.05) is 0 Å². The molecule has 10 heavy (non-hydrogen) atoms. The highest BCUT2D eigenvalue weighted by atomic mass is 16.4. The van der Waals surface area contributed by atoms with Crippen molar-refractivity contribution in [2.75, 3.05) is 0 Å². The standard InChI is InChI=1S/C6H11NO3/c8-5-2-1-4(3-5)7-6(9)10/h4-5,7-8H,1-3H2,(H,9,10)/t4?,5-/m0/s1. The summed E-state index contributed by atoms with van der Waals surface area (Å²) in [5.41, 5.74) is 0. The molecule has 0 aliphatic heterocycles. The number of rotatable bonds is 1. The molecule has 4 heteroatoms. The van der Waals surface area contributed by atoms with Gasteiger partial charge < -0.3 is 15.5 Å². The third-order valence-corrected chi connectivity index (χ3v) is 1.73. The number of aliphatic hydroxyl groups is 1.